The summed E-state index contributed by atoms with van der Waals surface area (Å²) in [4.78, 5) is 14.7. The van der Waals surface area contributed by atoms with Crippen LogP contribution in [0.4, 0.5) is 0 Å². The standard InChI is InChI=1S/C16H26O4/c1-2-3-9-12-15(20-19)13-10-7-5-4-6-8-11-14-16(17)18/h3,5,7,9-10,13,15,19H,2,4,6,8,11-12,14H2,1H3,(H,17,18)/b7-5-,9-3-,13-10+/t15-/m0/s1. The highest BCUT2D eigenvalue weighted by atomic mass is 17.1. The van der Waals surface area contributed by atoms with Crippen LogP contribution in [-0.2, 0) is 9.68 Å². The van der Waals surface area contributed by atoms with E-state index in [2.05, 4.69) is 11.8 Å². The number of unbranched alkanes of at least 4 members (excludes halogenated alkanes) is 3. The molecule has 0 aromatic heterocycles. The van der Waals surface area contributed by atoms with Crippen LogP contribution in [0.25, 0.3) is 0 Å². The fraction of sp³-hybridized carbons (Fsp3) is 0.562. The molecule has 0 spiro atoms. The molecule has 0 bridgehead atoms. The van der Waals surface area contributed by atoms with Crippen molar-refractivity contribution in [2.75, 3.05) is 0 Å². The van der Waals surface area contributed by atoms with Gasteiger partial charge in [0.05, 0.1) is 0 Å². The summed E-state index contributed by atoms with van der Waals surface area (Å²) in [5.74, 6) is -0.726. The first kappa shape index (κ1) is 18.6. The summed E-state index contributed by atoms with van der Waals surface area (Å²) in [6.07, 6.45) is 16.8. The van der Waals surface area contributed by atoms with E-state index >= 15 is 0 Å². The van der Waals surface area contributed by atoms with E-state index in [-0.39, 0.29) is 12.5 Å². The van der Waals surface area contributed by atoms with Gasteiger partial charge in [0.2, 0.25) is 0 Å². The Bertz CT molecular complexity index is 318. The SMILES string of the molecule is CC/C=C\C[C@@H](/C=C/C=C\CCCCCC(=O)O)OO. The molecule has 4 heteroatoms. The fourth-order valence-corrected chi connectivity index (χ4v) is 1.63. The van der Waals surface area contributed by atoms with Crippen molar-refractivity contribution in [3.63, 3.8) is 0 Å². The van der Waals surface area contributed by atoms with Crippen LogP contribution in [-0.4, -0.2) is 22.4 Å². The third kappa shape index (κ3) is 13.1. The van der Waals surface area contributed by atoms with Crippen LogP contribution in [0.5, 0.6) is 0 Å². The summed E-state index contributed by atoms with van der Waals surface area (Å²) in [5, 5.41) is 17.2. The Hall–Kier alpha value is -1.39. The highest BCUT2D eigenvalue weighted by molar-refractivity contribution is 5.66. The molecule has 4 nitrogen and oxygen atoms in total. The predicted molar refractivity (Wildman–Crippen MR) is 80.6 cm³/mol. The molecule has 0 saturated carbocycles. The van der Waals surface area contributed by atoms with Gasteiger partial charge in [-0.1, -0.05) is 49.8 Å². The number of allylic oxidation sites excluding steroid dienone is 4. The van der Waals surface area contributed by atoms with Gasteiger partial charge in [0.25, 0.3) is 0 Å². The quantitative estimate of drug-likeness (QED) is 0.184. The lowest BCUT2D eigenvalue weighted by atomic mass is 10.1. The molecule has 0 aliphatic carbocycles. The zero-order valence-corrected chi connectivity index (χ0v) is 12.2. The molecule has 1 atom stereocenters. The number of aliphatic carboxylic acids is 1. The molecular weight excluding hydrogens is 256 g/mol. The van der Waals surface area contributed by atoms with Crippen LogP contribution < -0.4 is 0 Å². The lowest BCUT2D eigenvalue weighted by molar-refractivity contribution is -0.264. The molecule has 0 amide bonds. The van der Waals surface area contributed by atoms with Gasteiger partial charge in [0, 0.05) is 6.42 Å². The van der Waals surface area contributed by atoms with Gasteiger partial charge in [-0.3, -0.25) is 10.1 Å². The predicted octanol–water partition coefficient (Wildman–Crippen LogP) is 4.35. The Kier molecular flexibility index (Phi) is 13.1. The highest BCUT2D eigenvalue weighted by Crippen LogP contribution is 2.04. The largest absolute Gasteiger partial charge is 0.481 e. The van der Waals surface area contributed by atoms with Gasteiger partial charge in [-0.15, -0.1) is 0 Å². The number of carboxylic acids is 1. The lowest BCUT2D eigenvalue weighted by Crippen LogP contribution is -2.04. The van der Waals surface area contributed by atoms with E-state index in [1.165, 1.54) is 0 Å². The molecule has 0 radical (unpaired) electrons. The Morgan fingerprint density at radius 3 is 2.60 bits per heavy atom. The summed E-state index contributed by atoms with van der Waals surface area (Å²) in [6, 6.07) is 0. The van der Waals surface area contributed by atoms with Crippen LogP contribution in [0, 0.1) is 0 Å². The second-order valence-corrected chi connectivity index (χ2v) is 4.57. The Balaban J connectivity index is 3.67. The molecule has 0 unspecified atom stereocenters. The van der Waals surface area contributed by atoms with Crippen LogP contribution in [0.3, 0.4) is 0 Å². The van der Waals surface area contributed by atoms with E-state index in [1.807, 2.05) is 30.4 Å². The minimum Gasteiger partial charge on any atom is -0.481 e. The molecule has 2 N–H and O–H groups in total. The zero-order chi connectivity index (χ0) is 15.1. The van der Waals surface area contributed by atoms with Gasteiger partial charge in [0.15, 0.2) is 0 Å². The molecular formula is C16H26O4. The first-order valence-electron chi connectivity index (χ1n) is 7.21. The maximum absolute atomic E-state index is 10.3. The van der Waals surface area contributed by atoms with E-state index in [0.717, 1.165) is 32.1 Å². The van der Waals surface area contributed by atoms with Crippen molar-refractivity contribution in [3.8, 4) is 0 Å². The molecule has 0 rings (SSSR count). The van der Waals surface area contributed by atoms with Gasteiger partial charge >= 0.3 is 5.97 Å². The highest BCUT2D eigenvalue weighted by Gasteiger charge is 1.99. The summed E-state index contributed by atoms with van der Waals surface area (Å²) < 4.78 is 0. The van der Waals surface area contributed by atoms with Gasteiger partial charge in [-0.05, 0) is 32.1 Å². The second kappa shape index (κ2) is 14.0. The van der Waals surface area contributed by atoms with Crippen LogP contribution in [0.2, 0.25) is 0 Å². The summed E-state index contributed by atoms with van der Waals surface area (Å²) in [5.41, 5.74) is 0. The number of carboxylic acid groups (broad SMARTS) is 1. The van der Waals surface area contributed by atoms with Crippen molar-refractivity contribution < 1.29 is 20.0 Å². The zero-order valence-electron chi connectivity index (χ0n) is 12.2. The van der Waals surface area contributed by atoms with Crippen LogP contribution in [0.15, 0.2) is 36.5 Å². The first-order chi connectivity index (χ1) is 9.70. The van der Waals surface area contributed by atoms with E-state index in [4.69, 9.17) is 10.4 Å². The average molecular weight is 282 g/mol. The number of hydrogen-bond acceptors (Lipinski definition) is 3. The second-order valence-electron chi connectivity index (χ2n) is 4.57. The monoisotopic (exact) mass is 282 g/mol. The minimum absolute atomic E-state index is 0.254. The molecule has 0 aliphatic heterocycles. The Labute approximate surface area is 121 Å². The first-order valence-corrected chi connectivity index (χ1v) is 7.21. The topological polar surface area (TPSA) is 66.8 Å². The van der Waals surface area contributed by atoms with Crippen molar-refractivity contribution in [1.29, 1.82) is 0 Å². The average Bonchev–Trinajstić information content (AvgIpc) is 2.43. The van der Waals surface area contributed by atoms with Crippen LogP contribution in [0.1, 0.15) is 51.9 Å². The number of hydrogen-bond donors (Lipinski definition) is 2. The lowest BCUT2D eigenvalue weighted by Gasteiger charge is -2.03. The molecule has 20 heavy (non-hydrogen) atoms. The van der Waals surface area contributed by atoms with Gasteiger partial charge < -0.3 is 5.11 Å². The van der Waals surface area contributed by atoms with Gasteiger partial charge in [0.1, 0.15) is 6.10 Å². The minimum atomic E-state index is -0.726. The normalized spacial score (nSPS) is 13.7. The summed E-state index contributed by atoms with van der Waals surface area (Å²) in [7, 11) is 0. The third-order valence-corrected chi connectivity index (χ3v) is 2.74. The Morgan fingerprint density at radius 2 is 1.95 bits per heavy atom. The number of rotatable bonds is 12. The van der Waals surface area contributed by atoms with Crippen molar-refractivity contribution in [2.45, 2.75) is 58.0 Å². The van der Waals surface area contributed by atoms with Crippen LogP contribution >= 0.6 is 0 Å². The van der Waals surface area contributed by atoms with E-state index in [1.54, 1.807) is 6.08 Å². The van der Waals surface area contributed by atoms with E-state index in [9.17, 15) is 4.79 Å². The molecule has 0 aliphatic rings. The molecule has 0 saturated heterocycles. The van der Waals surface area contributed by atoms with Crippen molar-refractivity contribution in [3.05, 3.63) is 36.5 Å². The third-order valence-electron chi connectivity index (χ3n) is 2.74. The molecule has 0 aromatic rings. The van der Waals surface area contributed by atoms with E-state index in [0.29, 0.717) is 6.42 Å². The molecule has 114 valence electrons. The summed E-state index contributed by atoms with van der Waals surface area (Å²) >= 11 is 0. The van der Waals surface area contributed by atoms with Crippen molar-refractivity contribution in [2.24, 2.45) is 0 Å². The van der Waals surface area contributed by atoms with Gasteiger partial charge in [-0.2, -0.15) is 0 Å². The van der Waals surface area contributed by atoms with Crippen molar-refractivity contribution in [1.82, 2.24) is 0 Å². The Morgan fingerprint density at radius 1 is 1.15 bits per heavy atom. The fourth-order valence-electron chi connectivity index (χ4n) is 1.63. The van der Waals surface area contributed by atoms with Crippen molar-refractivity contribution >= 4 is 5.97 Å². The summed E-state index contributed by atoms with van der Waals surface area (Å²) in [6.45, 7) is 2.06. The smallest absolute Gasteiger partial charge is 0.303 e. The molecule has 0 fully saturated rings. The number of carbonyl (C=O) groups is 1. The maximum atomic E-state index is 10.3. The van der Waals surface area contributed by atoms with E-state index < -0.39 is 5.97 Å². The van der Waals surface area contributed by atoms with Gasteiger partial charge in [-0.25, -0.2) is 4.89 Å². The maximum Gasteiger partial charge on any atom is 0.303 e. The molecule has 0 aromatic carbocycles. The molecule has 0 heterocycles.